The summed E-state index contributed by atoms with van der Waals surface area (Å²) in [5.74, 6) is 0.718. The molecule has 0 heteroatoms. The zero-order chi connectivity index (χ0) is 7.68. The first kappa shape index (κ1) is 7.02. The van der Waals surface area contributed by atoms with Crippen LogP contribution in [0.5, 0.6) is 0 Å². The van der Waals surface area contributed by atoms with E-state index in [0.29, 0.717) is 0 Å². The lowest BCUT2D eigenvalue weighted by molar-refractivity contribution is 0.620. The van der Waals surface area contributed by atoms with Gasteiger partial charge in [0.15, 0.2) is 0 Å². The van der Waals surface area contributed by atoms with Crippen LogP contribution >= 0.6 is 0 Å². The van der Waals surface area contributed by atoms with Gasteiger partial charge < -0.3 is 0 Å². The highest BCUT2D eigenvalue weighted by atomic mass is 14.2. The van der Waals surface area contributed by atoms with Crippen LogP contribution in [-0.2, 0) is 0 Å². The van der Waals surface area contributed by atoms with Crippen molar-refractivity contribution in [1.82, 2.24) is 0 Å². The second kappa shape index (κ2) is 2.77. The molecule has 0 amide bonds. The first-order valence-electron chi connectivity index (χ1n) is 4.61. The van der Waals surface area contributed by atoms with Gasteiger partial charge in [0.1, 0.15) is 0 Å². The van der Waals surface area contributed by atoms with Crippen LogP contribution in [0.3, 0.4) is 0 Å². The molecule has 0 saturated carbocycles. The van der Waals surface area contributed by atoms with Gasteiger partial charge >= 0.3 is 0 Å². The van der Waals surface area contributed by atoms with Gasteiger partial charge in [0, 0.05) is 30.6 Å². The van der Waals surface area contributed by atoms with Crippen LogP contribution in [0.4, 0.5) is 0 Å². The third-order valence-electron chi connectivity index (χ3n) is 2.80. The van der Waals surface area contributed by atoms with E-state index in [1.54, 1.807) is 11.1 Å². The Kier molecular flexibility index (Phi) is 1.77. The average molecular weight is 147 g/mol. The molecule has 0 unspecified atom stereocenters. The first-order valence-corrected chi connectivity index (χ1v) is 4.61. The van der Waals surface area contributed by atoms with Gasteiger partial charge in [-0.3, -0.25) is 0 Å². The van der Waals surface area contributed by atoms with E-state index in [9.17, 15) is 0 Å². The van der Waals surface area contributed by atoms with E-state index < -0.39 is 0 Å². The van der Waals surface area contributed by atoms with Crippen molar-refractivity contribution in [2.45, 2.75) is 32.6 Å². The molecule has 2 rings (SSSR count). The first-order chi connectivity index (χ1) is 5.38. The zero-order valence-electron chi connectivity index (χ0n) is 7.14. The Morgan fingerprint density at radius 1 is 1.36 bits per heavy atom. The normalized spacial score (nSPS) is 29.7. The minimum Gasteiger partial charge on any atom is -0.0455 e. The molecule has 0 saturated heterocycles. The molecule has 0 heterocycles. The highest BCUT2D eigenvalue weighted by molar-refractivity contribution is 5.36. The molecule has 0 aliphatic heterocycles. The van der Waals surface area contributed by atoms with E-state index in [1.807, 2.05) is 0 Å². The molecule has 11 heavy (non-hydrogen) atoms. The maximum atomic E-state index is 2.31. The number of allylic oxidation sites excluding steroid dienone is 4. The van der Waals surface area contributed by atoms with Gasteiger partial charge in [-0.1, -0.05) is 0 Å². The lowest BCUT2D eigenvalue weighted by atomic mass is 9.80. The van der Waals surface area contributed by atoms with E-state index in [0.717, 1.165) is 5.92 Å². The fraction of sp³-hybridized carbons (Fsp3) is 0.545. The summed E-state index contributed by atoms with van der Waals surface area (Å²) in [4.78, 5) is 0. The minimum atomic E-state index is 0.718. The molecule has 0 nitrogen and oxygen atoms in total. The lowest BCUT2D eigenvalue weighted by Gasteiger charge is -2.18. The third kappa shape index (κ3) is 1.22. The standard InChI is InChI=1S/C11H15/c1-9-5-4-7-10-6-2-3-8-11(9)10/h4-5,7,9H,2-3,6,8H2,1H3/q+1/t9-/m1/s1. The summed E-state index contributed by atoms with van der Waals surface area (Å²) in [6.07, 6.45) is 12.3. The van der Waals surface area contributed by atoms with Crippen molar-refractivity contribution in [1.29, 1.82) is 0 Å². The van der Waals surface area contributed by atoms with Gasteiger partial charge in [-0.25, -0.2) is 0 Å². The van der Waals surface area contributed by atoms with Gasteiger partial charge in [0.2, 0.25) is 0 Å². The Bertz CT molecular complexity index is 208. The Morgan fingerprint density at radius 3 is 3.00 bits per heavy atom. The molecular weight excluding hydrogens is 132 g/mol. The van der Waals surface area contributed by atoms with Gasteiger partial charge in [-0.05, 0) is 26.2 Å². The van der Waals surface area contributed by atoms with Crippen LogP contribution in [0.2, 0.25) is 0 Å². The Hall–Kier alpha value is -0.650. The molecule has 0 aromatic rings. The predicted molar refractivity (Wildman–Crippen MR) is 48.1 cm³/mol. The smallest absolute Gasteiger partial charge is 0.0455 e. The van der Waals surface area contributed by atoms with Crippen molar-refractivity contribution in [2.24, 2.45) is 5.92 Å². The molecule has 1 atom stereocenters. The van der Waals surface area contributed by atoms with E-state index in [-0.39, 0.29) is 0 Å². The van der Waals surface area contributed by atoms with Crippen molar-refractivity contribution >= 4 is 0 Å². The molecule has 0 fully saturated rings. The third-order valence-corrected chi connectivity index (χ3v) is 2.80. The Labute approximate surface area is 69.0 Å². The van der Waals surface area contributed by atoms with Crippen LogP contribution in [0.15, 0.2) is 23.3 Å². The van der Waals surface area contributed by atoms with Crippen LogP contribution in [0, 0.1) is 12.3 Å². The van der Waals surface area contributed by atoms with Gasteiger partial charge in [0.05, 0.1) is 11.5 Å². The maximum Gasteiger partial charge on any atom is 0.0829 e. The molecule has 0 aromatic heterocycles. The summed E-state index contributed by atoms with van der Waals surface area (Å²) in [6.45, 7) is 2.31. The van der Waals surface area contributed by atoms with Gasteiger partial charge in [0.25, 0.3) is 0 Å². The molecular formula is C11H15+. The number of hydrogen-bond acceptors (Lipinski definition) is 0. The highest BCUT2D eigenvalue weighted by Gasteiger charge is 2.25. The van der Waals surface area contributed by atoms with Crippen molar-refractivity contribution in [3.8, 4) is 0 Å². The van der Waals surface area contributed by atoms with E-state index in [1.165, 1.54) is 25.7 Å². The predicted octanol–water partition coefficient (Wildman–Crippen LogP) is 3.27. The molecule has 0 N–H and O–H groups in total. The minimum absolute atomic E-state index is 0.718. The summed E-state index contributed by atoms with van der Waals surface area (Å²) in [7, 11) is 0. The molecule has 2 aliphatic rings. The molecule has 2 aliphatic carbocycles. The lowest BCUT2D eigenvalue weighted by Crippen LogP contribution is -2.09. The summed E-state index contributed by atoms with van der Waals surface area (Å²) in [5, 5.41) is 0. The van der Waals surface area contributed by atoms with E-state index in [2.05, 4.69) is 25.5 Å². The van der Waals surface area contributed by atoms with Crippen molar-refractivity contribution in [3.63, 3.8) is 0 Å². The summed E-state index contributed by atoms with van der Waals surface area (Å²) in [6, 6.07) is 0. The van der Waals surface area contributed by atoms with Crippen molar-refractivity contribution < 1.29 is 0 Å². The van der Waals surface area contributed by atoms with E-state index in [4.69, 9.17) is 0 Å². The second-order valence-corrected chi connectivity index (χ2v) is 3.60. The molecule has 0 bridgehead atoms. The summed E-state index contributed by atoms with van der Waals surface area (Å²) in [5.41, 5.74) is 3.34. The molecule has 0 aromatic carbocycles. The van der Waals surface area contributed by atoms with Crippen LogP contribution in [0.1, 0.15) is 32.6 Å². The van der Waals surface area contributed by atoms with Crippen molar-refractivity contribution in [3.05, 3.63) is 29.7 Å². The Balaban J connectivity index is 2.23. The topological polar surface area (TPSA) is 0 Å². The maximum absolute atomic E-state index is 2.31. The number of hydrogen-bond donors (Lipinski definition) is 0. The SMILES string of the molecule is C[C@@H]1C=C[CH+]C2=C1CCCC2. The molecule has 0 spiro atoms. The fourth-order valence-electron chi connectivity index (χ4n) is 2.12. The largest absolute Gasteiger partial charge is 0.0829 e. The quantitative estimate of drug-likeness (QED) is 0.461. The Morgan fingerprint density at radius 2 is 2.18 bits per heavy atom. The fourth-order valence-corrected chi connectivity index (χ4v) is 2.12. The molecule has 58 valence electrons. The van der Waals surface area contributed by atoms with Crippen molar-refractivity contribution in [2.75, 3.05) is 0 Å². The number of rotatable bonds is 0. The van der Waals surface area contributed by atoms with Gasteiger partial charge in [-0.2, -0.15) is 0 Å². The monoisotopic (exact) mass is 147 g/mol. The van der Waals surface area contributed by atoms with Crippen LogP contribution < -0.4 is 0 Å². The van der Waals surface area contributed by atoms with Gasteiger partial charge in [-0.15, -0.1) is 0 Å². The summed E-state index contributed by atoms with van der Waals surface area (Å²) >= 11 is 0. The summed E-state index contributed by atoms with van der Waals surface area (Å²) < 4.78 is 0. The highest BCUT2D eigenvalue weighted by Crippen LogP contribution is 2.34. The van der Waals surface area contributed by atoms with Crippen LogP contribution in [0.25, 0.3) is 0 Å². The molecule has 0 radical (unpaired) electrons. The zero-order valence-corrected chi connectivity index (χ0v) is 7.14. The van der Waals surface area contributed by atoms with E-state index >= 15 is 0 Å². The van der Waals surface area contributed by atoms with Crippen LogP contribution in [-0.4, -0.2) is 0 Å². The average Bonchev–Trinajstić information content (AvgIpc) is 2.06. The second-order valence-electron chi connectivity index (χ2n) is 3.60.